The molecule has 1 amide bonds. The van der Waals surface area contributed by atoms with E-state index in [4.69, 9.17) is 4.74 Å². The highest BCUT2D eigenvalue weighted by molar-refractivity contribution is 7.92. The number of rotatable bonds is 7. The number of hydrogen-bond donors (Lipinski definition) is 2. The topological polar surface area (TPSA) is 102 Å². The Bertz CT molecular complexity index is 1100. The van der Waals surface area contributed by atoms with Crippen molar-refractivity contribution in [2.24, 2.45) is 0 Å². The number of nitrogens with one attached hydrogen (secondary N) is 2. The van der Waals surface area contributed by atoms with Gasteiger partial charge in [-0.25, -0.2) is 13.2 Å². The molecular formula is C23H28N2O5S. The summed E-state index contributed by atoms with van der Waals surface area (Å²) < 4.78 is 33.9. The molecule has 8 heteroatoms. The maximum atomic E-state index is 13.1. The van der Waals surface area contributed by atoms with Crippen LogP contribution in [0.1, 0.15) is 55.1 Å². The molecule has 0 bridgehead atoms. The highest BCUT2D eigenvalue weighted by Crippen LogP contribution is 2.28. The van der Waals surface area contributed by atoms with Crippen LogP contribution in [0, 0.1) is 6.92 Å². The number of carbonyl (C=O) groups excluding carboxylic acids is 2. The van der Waals surface area contributed by atoms with Gasteiger partial charge < -0.3 is 10.1 Å². The number of ether oxygens (including phenoxy) is 1. The normalized spacial score (nSPS) is 14.1. The fourth-order valence-corrected chi connectivity index (χ4v) is 4.36. The molecule has 0 spiro atoms. The molecule has 0 heterocycles. The number of amides is 1. The van der Waals surface area contributed by atoms with Crippen LogP contribution < -0.4 is 10.0 Å². The largest absolute Gasteiger partial charge is 0.452 e. The van der Waals surface area contributed by atoms with Crippen molar-refractivity contribution in [1.29, 1.82) is 0 Å². The van der Waals surface area contributed by atoms with Crippen LogP contribution in [0.3, 0.4) is 0 Å². The lowest BCUT2D eigenvalue weighted by Gasteiger charge is -2.21. The highest BCUT2D eigenvalue weighted by atomic mass is 32.2. The number of para-hydroxylation sites is 1. The zero-order valence-electron chi connectivity index (χ0n) is 18.2. The van der Waals surface area contributed by atoms with E-state index in [1.54, 1.807) is 31.2 Å². The second kappa shape index (κ2) is 8.70. The van der Waals surface area contributed by atoms with Crippen LogP contribution in [0.25, 0.3) is 0 Å². The molecule has 2 aromatic carbocycles. The van der Waals surface area contributed by atoms with Crippen LogP contribution in [-0.4, -0.2) is 32.9 Å². The molecule has 31 heavy (non-hydrogen) atoms. The minimum absolute atomic E-state index is 0.0370. The first-order valence-electron chi connectivity index (χ1n) is 10.2. The smallest absolute Gasteiger partial charge is 0.340 e. The summed E-state index contributed by atoms with van der Waals surface area (Å²) in [6.07, 6.45) is 1.86. The highest BCUT2D eigenvalue weighted by Gasteiger charge is 2.25. The van der Waals surface area contributed by atoms with Crippen LogP contribution in [0.4, 0.5) is 5.69 Å². The minimum atomic E-state index is -3.96. The Labute approximate surface area is 183 Å². The van der Waals surface area contributed by atoms with E-state index in [9.17, 15) is 18.0 Å². The molecule has 0 saturated heterocycles. The third-order valence-corrected chi connectivity index (χ3v) is 6.52. The van der Waals surface area contributed by atoms with Gasteiger partial charge in [0.1, 0.15) is 0 Å². The lowest BCUT2D eigenvalue weighted by atomic mass is 9.87. The molecular weight excluding hydrogens is 416 g/mol. The number of hydrogen-bond acceptors (Lipinski definition) is 5. The van der Waals surface area contributed by atoms with Crippen molar-refractivity contribution in [3.8, 4) is 0 Å². The quantitative estimate of drug-likeness (QED) is 0.636. The Kier molecular flexibility index (Phi) is 6.40. The first-order chi connectivity index (χ1) is 14.5. The lowest BCUT2D eigenvalue weighted by Crippen LogP contribution is -2.30. The zero-order chi connectivity index (χ0) is 22.8. The van der Waals surface area contributed by atoms with E-state index in [2.05, 4.69) is 10.0 Å². The van der Waals surface area contributed by atoms with Crippen molar-refractivity contribution in [1.82, 2.24) is 5.32 Å². The standard InChI is InChI=1S/C23H28N2O5S/c1-15-9-10-16(23(2,3)4)13-20(15)31(28,29)25-19-8-6-5-7-18(19)22(27)30-14-21(26)24-17-11-12-17/h5-10,13,17,25H,11-12,14H2,1-4H3,(H,24,26). The molecule has 3 rings (SSSR count). The lowest BCUT2D eigenvalue weighted by molar-refractivity contribution is -0.124. The first-order valence-corrected chi connectivity index (χ1v) is 11.6. The van der Waals surface area contributed by atoms with Gasteiger partial charge in [-0.2, -0.15) is 0 Å². The van der Waals surface area contributed by atoms with Crippen LogP contribution in [0.15, 0.2) is 47.4 Å². The summed E-state index contributed by atoms with van der Waals surface area (Å²) >= 11 is 0. The molecule has 1 aliphatic rings. The average molecular weight is 445 g/mol. The van der Waals surface area contributed by atoms with E-state index in [1.165, 1.54) is 12.1 Å². The van der Waals surface area contributed by atoms with E-state index < -0.39 is 22.6 Å². The van der Waals surface area contributed by atoms with Gasteiger partial charge in [0.25, 0.3) is 15.9 Å². The molecule has 2 N–H and O–H groups in total. The summed E-state index contributed by atoms with van der Waals surface area (Å²) in [4.78, 5) is 24.4. The van der Waals surface area contributed by atoms with Crippen LogP contribution >= 0.6 is 0 Å². The van der Waals surface area contributed by atoms with Gasteiger partial charge in [-0.05, 0) is 54.5 Å². The van der Waals surface area contributed by atoms with E-state index in [1.807, 2.05) is 26.8 Å². The predicted octanol–water partition coefficient (Wildman–Crippen LogP) is 3.53. The van der Waals surface area contributed by atoms with Crippen molar-refractivity contribution in [2.45, 2.75) is 56.9 Å². The van der Waals surface area contributed by atoms with Gasteiger partial charge in [0.05, 0.1) is 16.1 Å². The van der Waals surface area contributed by atoms with Crippen molar-refractivity contribution in [2.75, 3.05) is 11.3 Å². The number of aryl methyl sites for hydroxylation is 1. The van der Waals surface area contributed by atoms with E-state index in [0.717, 1.165) is 18.4 Å². The van der Waals surface area contributed by atoms with Crippen molar-refractivity contribution in [3.05, 3.63) is 59.2 Å². The third kappa shape index (κ3) is 5.85. The monoisotopic (exact) mass is 444 g/mol. The zero-order valence-corrected chi connectivity index (χ0v) is 19.0. The van der Waals surface area contributed by atoms with Crippen molar-refractivity contribution in [3.63, 3.8) is 0 Å². The van der Waals surface area contributed by atoms with Gasteiger partial charge in [-0.1, -0.05) is 45.0 Å². The summed E-state index contributed by atoms with van der Waals surface area (Å²) in [6.45, 7) is 7.33. The third-order valence-electron chi connectivity index (χ3n) is 5.01. The Morgan fingerprint density at radius 1 is 1.10 bits per heavy atom. The Morgan fingerprint density at radius 3 is 2.42 bits per heavy atom. The fourth-order valence-electron chi connectivity index (χ4n) is 3.01. The fraction of sp³-hybridized carbons (Fsp3) is 0.391. The molecule has 0 unspecified atom stereocenters. The number of benzene rings is 2. The first kappa shape index (κ1) is 22.8. The maximum absolute atomic E-state index is 13.1. The van der Waals surface area contributed by atoms with E-state index in [-0.39, 0.29) is 33.5 Å². The van der Waals surface area contributed by atoms with Crippen LogP contribution in [-0.2, 0) is 25.0 Å². The summed E-state index contributed by atoms with van der Waals surface area (Å²) in [7, 11) is -3.96. The molecule has 0 aliphatic heterocycles. The van der Waals surface area contributed by atoms with Gasteiger partial charge in [0.2, 0.25) is 0 Å². The molecule has 166 valence electrons. The van der Waals surface area contributed by atoms with Crippen LogP contribution in [0.2, 0.25) is 0 Å². The predicted molar refractivity (Wildman–Crippen MR) is 119 cm³/mol. The molecule has 0 radical (unpaired) electrons. The van der Waals surface area contributed by atoms with Crippen LogP contribution in [0.5, 0.6) is 0 Å². The molecule has 1 saturated carbocycles. The average Bonchev–Trinajstić information content (AvgIpc) is 3.49. The second-order valence-corrected chi connectivity index (χ2v) is 10.5. The number of sulfonamides is 1. The van der Waals surface area contributed by atoms with Gasteiger partial charge in [-0.3, -0.25) is 9.52 Å². The molecule has 2 aromatic rings. The minimum Gasteiger partial charge on any atom is -0.452 e. The number of esters is 1. The number of anilines is 1. The second-order valence-electron chi connectivity index (χ2n) is 8.80. The molecule has 1 aliphatic carbocycles. The molecule has 1 fully saturated rings. The molecule has 7 nitrogen and oxygen atoms in total. The number of carbonyl (C=O) groups is 2. The Balaban J connectivity index is 1.81. The Hall–Kier alpha value is -2.87. The SMILES string of the molecule is Cc1ccc(C(C)(C)C)cc1S(=O)(=O)Nc1ccccc1C(=O)OCC(=O)NC1CC1. The van der Waals surface area contributed by atoms with Crippen molar-refractivity contribution >= 4 is 27.6 Å². The van der Waals surface area contributed by atoms with Gasteiger partial charge in [0.15, 0.2) is 6.61 Å². The van der Waals surface area contributed by atoms with E-state index >= 15 is 0 Å². The summed E-state index contributed by atoms with van der Waals surface area (Å²) in [6, 6.07) is 11.7. The van der Waals surface area contributed by atoms with Crippen molar-refractivity contribution < 1.29 is 22.7 Å². The maximum Gasteiger partial charge on any atom is 0.340 e. The van der Waals surface area contributed by atoms with E-state index in [0.29, 0.717) is 5.56 Å². The van der Waals surface area contributed by atoms with Gasteiger partial charge in [0, 0.05) is 6.04 Å². The molecule has 0 atom stereocenters. The summed E-state index contributed by atoms with van der Waals surface area (Å²) in [5.74, 6) is -1.15. The Morgan fingerprint density at radius 2 is 1.77 bits per heavy atom. The molecule has 0 aromatic heterocycles. The summed E-state index contributed by atoms with van der Waals surface area (Å²) in [5, 5.41) is 2.73. The summed E-state index contributed by atoms with van der Waals surface area (Å²) in [5.41, 5.74) is 1.39. The van der Waals surface area contributed by atoms with Gasteiger partial charge in [-0.15, -0.1) is 0 Å². The van der Waals surface area contributed by atoms with Gasteiger partial charge >= 0.3 is 5.97 Å².